The van der Waals surface area contributed by atoms with Gasteiger partial charge in [-0.1, -0.05) is 219 Å². The smallest absolute Gasteiger partial charge is 0.220 e. The quantitative estimate of drug-likeness (QED) is 0.0335. The van der Waals surface area contributed by atoms with Gasteiger partial charge in [0.15, 0.2) is 6.29 Å². The molecule has 0 aromatic rings. The summed E-state index contributed by atoms with van der Waals surface area (Å²) in [4.78, 5) is 13.0. The summed E-state index contributed by atoms with van der Waals surface area (Å²) in [5.74, 6) is -0.139. The number of hydrogen-bond acceptors (Lipinski definition) is 8. The summed E-state index contributed by atoms with van der Waals surface area (Å²) in [7, 11) is 0. The van der Waals surface area contributed by atoms with Crippen LogP contribution >= 0.6 is 0 Å². The fourth-order valence-electron chi connectivity index (χ4n) is 8.04. The first-order chi connectivity index (χ1) is 27.3. The van der Waals surface area contributed by atoms with Crippen LogP contribution in [0, 0.1) is 0 Å². The summed E-state index contributed by atoms with van der Waals surface area (Å²) < 4.78 is 11.3. The molecule has 0 aromatic heterocycles. The van der Waals surface area contributed by atoms with Crippen molar-refractivity contribution in [2.45, 2.75) is 281 Å². The Bertz CT molecular complexity index is 847. The number of rotatable bonds is 41. The van der Waals surface area contributed by atoms with E-state index in [-0.39, 0.29) is 12.5 Å². The standard InChI is InChI=1S/C47H93NO8/c1-3-5-7-9-11-13-15-17-19-20-21-22-23-25-27-29-31-33-35-37-43(51)48-40(39-55-47-46(54)45(53)44(52)42(38-49)56-47)41(50)36-34-32-30-28-26-24-18-16-14-12-10-8-6-4-2/h40-42,44-47,49-50,52-54H,3-39H2,1-2H3,(H,48,51). The third kappa shape index (κ3) is 28.6. The lowest BCUT2D eigenvalue weighted by Gasteiger charge is -2.40. The lowest BCUT2D eigenvalue weighted by molar-refractivity contribution is -0.302. The van der Waals surface area contributed by atoms with E-state index in [1.54, 1.807) is 0 Å². The Balaban J connectivity index is 2.27. The van der Waals surface area contributed by atoms with Crippen molar-refractivity contribution in [3.63, 3.8) is 0 Å². The molecule has 1 rings (SSSR count). The molecule has 0 saturated carbocycles. The van der Waals surface area contributed by atoms with Crippen LogP contribution in [0.3, 0.4) is 0 Å². The van der Waals surface area contributed by atoms with Gasteiger partial charge < -0.3 is 40.3 Å². The van der Waals surface area contributed by atoms with Gasteiger partial charge in [0.25, 0.3) is 0 Å². The lowest BCUT2D eigenvalue weighted by atomic mass is 9.99. The summed E-state index contributed by atoms with van der Waals surface area (Å²) in [5.41, 5.74) is 0. The molecular weight excluding hydrogens is 707 g/mol. The van der Waals surface area contributed by atoms with Crippen LogP contribution in [0.25, 0.3) is 0 Å². The SMILES string of the molecule is CCCCCCCCCCCCCCCCCCCCCC(=O)NC(COC1OC(CO)C(O)C(O)C1O)C(O)CCCCCCCCCCCCCCCC. The predicted molar refractivity (Wildman–Crippen MR) is 231 cm³/mol. The number of nitrogens with one attached hydrogen (secondary N) is 1. The van der Waals surface area contributed by atoms with E-state index in [4.69, 9.17) is 9.47 Å². The van der Waals surface area contributed by atoms with E-state index in [0.29, 0.717) is 12.8 Å². The van der Waals surface area contributed by atoms with Crippen LogP contribution in [0.5, 0.6) is 0 Å². The highest BCUT2D eigenvalue weighted by Crippen LogP contribution is 2.23. The Labute approximate surface area is 344 Å². The molecule has 0 spiro atoms. The van der Waals surface area contributed by atoms with Crippen LogP contribution in [-0.4, -0.2) is 87.5 Å². The van der Waals surface area contributed by atoms with E-state index in [2.05, 4.69) is 19.2 Å². The Morgan fingerprint density at radius 3 is 1.27 bits per heavy atom. The van der Waals surface area contributed by atoms with Crippen molar-refractivity contribution in [1.82, 2.24) is 5.32 Å². The van der Waals surface area contributed by atoms with Gasteiger partial charge in [-0.15, -0.1) is 0 Å². The molecule has 1 aliphatic rings. The Morgan fingerprint density at radius 1 is 0.536 bits per heavy atom. The number of carbonyl (C=O) groups excluding carboxylic acids is 1. The van der Waals surface area contributed by atoms with Gasteiger partial charge in [-0.25, -0.2) is 0 Å². The third-order valence-electron chi connectivity index (χ3n) is 12.0. The first-order valence-corrected chi connectivity index (χ1v) is 24.2. The molecule has 9 heteroatoms. The van der Waals surface area contributed by atoms with Crippen molar-refractivity contribution in [2.24, 2.45) is 0 Å². The van der Waals surface area contributed by atoms with Crippen molar-refractivity contribution in [3.8, 4) is 0 Å². The lowest BCUT2D eigenvalue weighted by Crippen LogP contribution is -2.60. The minimum atomic E-state index is -1.55. The third-order valence-corrected chi connectivity index (χ3v) is 12.0. The average Bonchev–Trinajstić information content (AvgIpc) is 3.20. The summed E-state index contributed by atoms with van der Waals surface area (Å²) in [6.45, 7) is 3.85. The average molecular weight is 800 g/mol. The van der Waals surface area contributed by atoms with Crippen molar-refractivity contribution >= 4 is 5.91 Å². The molecule has 1 aliphatic heterocycles. The number of ether oxygens (including phenoxy) is 2. The topological polar surface area (TPSA) is 149 Å². The zero-order valence-corrected chi connectivity index (χ0v) is 36.7. The number of aliphatic hydroxyl groups is 5. The number of hydrogen-bond donors (Lipinski definition) is 6. The molecule has 0 bridgehead atoms. The number of amides is 1. The maximum Gasteiger partial charge on any atom is 0.220 e. The highest BCUT2D eigenvalue weighted by molar-refractivity contribution is 5.76. The van der Waals surface area contributed by atoms with Gasteiger partial charge in [-0.05, 0) is 12.8 Å². The molecule has 334 valence electrons. The number of carbonyl (C=O) groups is 1. The molecule has 1 saturated heterocycles. The van der Waals surface area contributed by atoms with E-state index < -0.39 is 49.5 Å². The van der Waals surface area contributed by atoms with Crippen molar-refractivity contribution in [2.75, 3.05) is 13.2 Å². The second-order valence-corrected chi connectivity index (χ2v) is 17.3. The van der Waals surface area contributed by atoms with Crippen LogP contribution in [0.4, 0.5) is 0 Å². The summed E-state index contributed by atoms with van der Waals surface area (Å²) in [6, 6.07) is -0.711. The first kappa shape index (κ1) is 53.2. The Hall–Kier alpha value is -0.810. The largest absolute Gasteiger partial charge is 0.394 e. The van der Waals surface area contributed by atoms with E-state index in [1.165, 1.54) is 173 Å². The molecule has 0 aromatic carbocycles. The highest BCUT2D eigenvalue weighted by atomic mass is 16.7. The molecule has 0 radical (unpaired) electrons. The summed E-state index contributed by atoms with van der Waals surface area (Å²) in [5, 5.41) is 54.4. The Kier molecular flexibility index (Phi) is 36.5. The fourth-order valence-corrected chi connectivity index (χ4v) is 8.04. The Morgan fingerprint density at radius 2 is 0.893 bits per heavy atom. The molecular formula is C47H93NO8. The molecule has 7 atom stereocenters. The summed E-state index contributed by atoms with van der Waals surface area (Å²) >= 11 is 0. The van der Waals surface area contributed by atoms with E-state index in [9.17, 15) is 30.3 Å². The van der Waals surface area contributed by atoms with Crippen LogP contribution in [0.1, 0.15) is 239 Å². The molecule has 6 N–H and O–H groups in total. The minimum Gasteiger partial charge on any atom is -0.394 e. The normalized spacial score (nSPS) is 21.0. The van der Waals surface area contributed by atoms with Crippen molar-refractivity contribution in [1.29, 1.82) is 0 Å². The molecule has 9 nitrogen and oxygen atoms in total. The van der Waals surface area contributed by atoms with Crippen LogP contribution < -0.4 is 5.32 Å². The van der Waals surface area contributed by atoms with Crippen LogP contribution in [-0.2, 0) is 14.3 Å². The fraction of sp³-hybridized carbons (Fsp3) is 0.979. The molecule has 7 unspecified atom stereocenters. The maximum atomic E-state index is 13.0. The van der Waals surface area contributed by atoms with Gasteiger partial charge >= 0.3 is 0 Å². The van der Waals surface area contributed by atoms with Gasteiger partial charge in [0, 0.05) is 6.42 Å². The molecule has 56 heavy (non-hydrogen) atoms. The van der Waals surface area contributed by atoms with Gasteiger partial charge in [-0.3, -0.25) is 4.79 Å². The molecule has 1 heterocycles. The minimum absolute atomic E-state index is 0.132. The van der Waals surface area contributed by atoms with Gasteiger partial charge in [0.05, 0.1) is 25.4 Å². The van der Waals surface area contributed by atoms with Crippen molar-refractivity contribution in [3.05, 3.63) is 0 Å². The first-order valence-electron chi connectivity index (χ1n) is 24.2. The monoisotopic (exact) mass is 800 g/mol. The van der Waals surface area contributed by atoms with Crippen LogP contribution in [0.2, 0.25) is 0 Å². The second-order valence-electron chi connectivity index (χ2n) is 17.3. The van der Waals surface area contributed by atoms with E-state index in [1.807, 2.05) is 0 Å². The summed E-state index contributed by atoms with van der Waals surface area (Å²) in [6.07, 6.45) is 35.4. The molecule has 1 fully saturated rings. The van der Waals surface area contributed by atoms with Gasteiger partial charge in [0.1, 0.15) is 24.4 Å². The molecule has 1 amide bonds. The van der Waals surface area contributed by atoms with Gasteiger partial charge in [-0.2, -0.15) is 0 Å². The predicted octanol–water partition coefficient (Wildman–Crippen LogP) is 10.3. The van der Waals surface area contributed by atoms with Crippen molar-refractivity contribution < 1.29 is 39.8 Å². The number of aliphatic hydroxyl groups excluding tert-OH is 5. The zero-order chi connectivity index (χ0) is 40.9. The number of unbranched alkanes of at least 4 members (excludes halogenated alkanes) is 31. The van der Waals surface area contributed by atoms with E-state index >= 15 is 0 Å². The van der Waals surface area contributed by atoms with E-state index in [0.717, 1.165) is 38.5 Å². The van der Waals surface area contributed by atoms with Gasteiger partial charge in [0.2, 0.25) is 5.91 Å². The zero-order valence-electron chi connectivity index (χ0n) is 36.7. The second kappa shape index (κ2) is 38.4. The highest BCUT2D eigenvalue weighted by Gasteiger charge is 2.44. The maximum absolute atomic E-state index is 13.0. The molecule has 0 aliphatic carbocycles. The van der Waals surface area contributed by atoms with Crippen LogP contribution in [0.15, 0.2) is 0 Å².